The van der Waals surface area contributed by atoms with Crippen LogP contribution >= 0.6 is 0 Å². The first-order chi connectivity index (χ1) is 11.9. The number of carbonyl (C=O) groups is 1. The van der Waals surface area contributed by atoms with Gasteiger partial charge in [-0.2, -0.15) is 18.3 Å². The lowest BCUT2D eigenvalue weighted by molar-refractivity contribution is -0.142. The monoisotopic (exact) mass is 345 g/mol. The summed E-state index contributed by atoms with van der Waals surface area (Å²) in [5.41, 5.74) is -0.0438. The molecule has 0 spiro atoms. The van der Waals surface area contributed by atoms with Crippen molar-refractivity contribution in [3.05, 3.63) is 77.6 Å². The molecule has 7 heteroatoms. The van der Waals surface area contributed by atoms with Crippen molar-refractivity contribution in [3.8, 4) is 5.69 Å². The van der Waals surface area contributed by atoms with E-state index in [-0.39, 0.29) is 16.9 Å². The van der Waals surface area contributed by atoms with Crippen LogP contribution < -0.4 is 5.32 Å². The molecule has 2 aromatic carbocycles. The van der Waals surface area contributed by atoms with E-state index in [1.807, 2.05) is 0 Å². The lowest BCUT2D eigenvalue weighted by Gasteiger charge is -2.13. The predicted molar refractivity (Wildman–Crippen MR) is 87.7 cm³/mol. The molecule has 0 fully saturated rings. The molecule has 1 N–H and O–H groups in total. The third-order valence-corrected chi connectivity index (χ3v) is 3.57. The maximum Gasteiger partial charge on any atom is 0.435 e. The second-order valence-electron chi connectivity index (χ2n) is 5.48. The smallest absolute Gasteiger partial charge is 0.319 e. The summed E-state index contributed by atoms with van der Waals surface area (Å²) < 4.78 is 41.4. The minimum absolute atomic E-state index is 0.255. The van der Waals surface area contributed by atoms with E-state index in [4.69, 9.17) is 0 Å². The van der Waals surface area contributed by atoms with Crippen LogP contribution in [0.5, 0.6) is 0 Å². The molecule has 3 rings (SSSR count). The van der Waals surface area contributed by atoms with Crippen molar-refractivity contribution < 1.29 is 18.0 Å². The molecule has 0 radical (unpaired) electrons. The highest BCUT2D eigenvalue weighted by atomic mass is 19.4. The molecule has 0 saturated heterocycles. The fourth-order valence-corrected chi connectivity index (χ4v) is 2.46. The zero-order chi connectivity index (χ0) is 18.0. The van der Waals surface area contributed by atoms with Crippen LogP contribution in [0.2, 0.25) is 0 Å². The van der Waals surface area contributed by atoms with Gasteiger partial charge in [-0.3, -0.25) is 4.79 Å². The van der Waals surface area contributed by atoms with E-state index in [0.717, 1.165) is 16.4 Å². The van der Waals surface area contributed by atoms with Crippen molar-refractivity contribution in [3.63, 3.8) is 0 Å². The first-order valence-electron chi connectivity index (χ1n) is 7.45. The Morgan fingerprint density at radius 2 is 1.80 bits per heavy atom. The van der Waals surface area contributed by atoms with Gasteiger partial charge in [-0.15, -0.1) is 0 Å². The van der Waals surface area contributed by atoms with Crippen LogP contribution in [0.25, 0.3) is 5.69 Å². The highest BCUT2D eigenvalue weighted by molar-refractivity contribution is 6.04. The zero-order valence-corrected chi connectivity index (χ0v) is 13.2. The third kappa shape index (κ3) is 3.55. The van der Waals surface area contributed by atoms with Crippen LogP contribution in [0.3, 0.4) is 0 Å². The molecule has 0 atom stereocenters. The van der Waals surface area contributed by atoms with Crippen molar-refractivity contribution in [2.45, 2.75) is 13.1 Å². The van der Waals surface area contributed by atoms with Gasteiger partial charge in [0.15, 0.2) is 5.69 Å². The number of aryl methyl sites for hydroxylation is 1. The molecule has 0 unspecified atom stereocenters. The Morgan fingerprint density at radius 1 is 1.08 bits per heavy atom. The largest absolute Gasteiger partial charge is 0.435 e. The predicted octanol–water partition coefficient (Wildman–Crippen LogP) is 4.45. The summed E-state index contributed by atoms with van der Waals surface area (Å²) in [4.78, 5) is 12.3. The summed E-state index contributed by atoms with van der Waals surface area (Å²) in [6, 6.07) is 14.5. The van der Waals surface area contributed by atoms with E-state index in [1.54, 1.807) is 43.3 Å². The van der Waals surface area contributed by atoms with Crippen molar-refractivity contribution >= 4 is 11.6 Å². The summed E-state index contributed by atoms with van der Waals surface area (Å²) >= 11 is 0. The summed E-state index contributed by atoms with van der Waals surface area (Å²) in [6.07, 6.45) is -3.68. The number of rotatable bonds is 3. The van der Waals surface area contributed by atoms with Crippen LogP contribution in [0.1, 0.15) is 21.6 Å². The number of nitrogens with zero attached hydrogens (tertiary/aromatic N) is 2. The number of nitrogens with one attached hydrogen (secondary N) is 1. The van der Waals surface area contributed by atoms with Gasteiger partial charge >= 0.3 is 6.18 Å². The van der Waals surface area contributed by atoms with Gasteiger partial charge in [-0.25, -0.2) is 4.68 Å². The number of benzene rings is 2. The van der Waals surface area contributed by atoms with Gasteiger partial charge in [0, 0.05) is 5.56 Å². The summed E-state index contributed by atoms with van der Waals surface area (Å²) in [7, 11) is 0. The number of amides is 1. The quantitative estimate of drug-likeness (QED) is 0.762. The van der Waals surface area contributed by atoms with Gasteiger partial charge in [-0.05, 0) is 31.2 Å². The van der Waals surface area contributed by atoms with E-state index in [9.17, 15) is 18.0 Å². The van der Waals surface area contributed by atoms with Gasteiger partial charge in [0.1, 0.15) is 0 Å². The molecule has 0 aliphatic heterocycles. The van der Waals surface area contributed by atoms with E-state index >= 15 is 0 Å². The molecule has 4 nitrogen and oxygen atoms in total. The molecule has 1 amide bonds. The Hall–Kier alpha value is -3.09. The minimum atomic E-state index is -4.68. The number of alkyl halides is 3. The average molecular weight is 345 g/mol. The van der Waals surface area contributed by atoms with Crippen LogP contribution in [0.4, 0.5) is 18.9 Å². The molecule has 1 aromatic heterocycles. The van der Waals surface area contributed by atoms with Crippen LogP contribution in [0, 0.1) is 6.92 Å². The fourth-order valence-electron chi connectivity index (χ4n) is 2.46. The van der Waals surface area contributed by atoms with Crippen molar-refractivity contribution in [2.75, 3.05) is 5.32 Å². The fraction of sp³-hybridized carbons (Fsp3) is 0.111. The van der Waals surface area contributed by atoms with Gasteiger partial charge in [-0.1, -0.05) is 35.9 Å². The van der Waals surface area contributed by atoms with E-state index < -0.39 is 17.8 Å². The number of para-hydroxylation sites is 1. The van der Waals surface area contributed by atoms with Crippen molar-refractivity contribution in [2.24, 2.45) is 0 Å². The maximum absolute atomic E-state index is 13.5. The lowest BCUT2D eigenvalue weighted by Crippen LogP contribution is -2.18. The van der Waals surface area contributed by atoms with Gasteiger partial charge in [0.2, 0.25) is 0 Å². The SMILES string of the molecule is Cc1cccc(C(=O)Nc2cnn(-c3ccccc3)c2C(F)(F)F)c1. The number of anilines is 1. The summed E-state index contributed by atoms with van der Waals surface area (Å²) in [5.74, 6) is -0.623. The average Bonchev–Trinajstić information content (AvgIpc) is 2.99. The zero-order valence-electron chi connectivity index (χ0n) is 13.2. The number of carbonyl (C=O) groups excluding carboxylic acids is 1. The second kappa shape index (κ2) is 6.43. The molecule has 128 valence electrons. The number of halogens is 3. The minimum Gasteiger partial charge on any atom is -0.319 e. The number of hydrogen-bond acceptors (Lipinski definition) is 2. The highest BCUT2D eigenvalue weighted by Crippen LogP contribution is 2.36. The van der Waals surface area contributed by atoms with Crippen molar-refractivity contribution in [1.82, 2.24) is 9.78 Å². The standard InChI is InChI=1S/C18H14F3N3O/c1-12-6-5-7-13(10-12)17(25)23-15-11-22-24(16(15)18(19,20)21)14-8-3-2-4-9-14/h2-11H,1H3,(H,23,25). The molecule has 1 heterocycles. The van der Waals surface area contributed by atoms with Crippen LogP contribution in [0.15, 0.2) is 60.8 Å². The highest BCUT2D eigenvalue weighted by Gasteiger charge is 2.39. The third-order valence-electron chi connectivity index (χ3n) is 3.57. The molecule has 3 aromatic rings. The lowest BCUT2D eigenvalue weighted by atomic mass is 10.1. The van der Waals surface area contributed by atoms with Gasteiger partial charge in [0.25, 0.3) is 5.91 Å². The van der Waals surface area contributed by atoms with E-state index in [2.05, 4.69) is 10.4 Å². The molecule has 0 aliphatic rings. The molecule has 0 saturated carbocycles. The number of aromatic nitrogens is 2. The van der Waals surface area contributed by atoms with E-state index in [1.165, 1.54) is 18.2 Å². The molecule has 0 bridgehead atoms. The summed E-state index contributed by atoms with van der Waals surface area (Å²) in [5, 5.41) is 6.11. The van der Waals surface area contributed by atoms with Crippen molar-refractivity contribution in [1.29, 1.82) is 0 Å². The Kier molecular flexibility index (Phi) is 4.31. The Balaban J connectivity index is 2.00. The Bertz CT molecular complexity index is 901. The molecule has 0 aliphatic carbocycles. The molecular weight excluding hydrogens is 331 g/mol. The van der Waals surface area contributed by atoms with Crippen LogP contribution in [-0.4, -0.2) is 15.7 Å². The first-order valence-corrected chi connectivity index (χ1v) is 7.45. The molecular formula is C18H14F3N3O. The Labute approximate surface area is 141 Å². The van der Waals surface area contributed by atoms with E-state index in [0.29, 0.717) is 0 Å². The summed E-state index contributed by atoms with van der Waals surface area (Å²) in [6.45, 7) is 1.80. The second-order valence-corrected chi connectivity index (χ2v) is 5.48. The number of hydrogen-bond donors (Lipinski definition) is 1. The van der Waals surface area contributed by atoms with Crippen LogP contribution in [-0.2, 0) is 6.18 Å². The normalized spacial score (nSPS) is 11.4. The van der Waals surface area contributed by atoms with Gasteiger partial charge < -0.3 is 5.32 Å². The van der Waals surface area contributed by atoms with Gasteiger partial charge in [0.05, 0.1) is 17.6 Å². The topological polar surface area (TPSA) is 46.9 Å². The molecule has 25 heavy (non-hydrogen) atoms. The maximum atomic E-state index is 13.5. The first kappa shape index (κ1) is 16.8. The Morgan fingerprint density at radius 3 is 2.44 bits per heavy atom.